The van der Waals surface area contributed by atoms with Crippen molar-refractivity contribution in [3.8, 4) is 0 Å². The molecule has 0 aromatic heterocycles. The largest absolute Gasteiger partial charge is 0.374 e. The molecule has 0 heterocycles. The Balaban J connectivity index is 3.96. The van der Waals surface area contributed by atoms with Crippen LogP contribution >= 0.6 is 0 Å². The minimum absolute atomic E-state index is 0.213. The van der Waals surface area contributed by atoms with Crippen molar-refractivity contribution in [1.82, 2.24) is 0 Å². The van der Waals surface area contributed by atoms with Gasteiger partial charge in [0.1, 0.15) is 0 Å². The second kappa shape index (κ2) is 5.55. The van der Waals surface area contributed by atoms with E-state index < -0.39 is 0 Å². The van der Waals surface area contributed by atoms with Crippen molar-refractivity contribution < 1.29 is 4.74 Å². The first-order valence-corrected chi connectivity index (χ1v) is 4.84. The molecule has 0 bridgehead atoms. The summed E-state index contributed by atoms with van der Waals surface area (Å²) in [6, 6.07) is 0. The third kappa shape index (κ3) is 4.07. The minimum atomic E-state index is 0.213. The fraction of sp³-hybridized carbons (Fsp3) is 1.00. The Labute approximate surface area is 76.5 Å². The first-order valence-electron chi connectivity index (χ1n) is 4.84. The molecule has 0 aromatic carbocycles. The van der Waals surface area contributed by atoms with Crippen LogP contribution in [0.3, 0.4) is 0 Å². The third-order valence-electron chi connectivity index (χ3n) is 2.32. The van der Waals surface area contributed by atoms with Crippen molar-refractivity contribution in [1.29, 1.82) is 0 Å². The summed E-state index contributed by atoms with van der Waals surface area (Å²) >= 11 is 0. The molecule has 0 aromatic rings. The molecule has 0 aliphatic carbocycles. The van der Waals surface area contributed by atoms with Crippen LogP contribution in [-0.2, 0) is 4.74 Å². The van der Waals surface area contributed by atoms with E-state index in [1.54, 1.807) is 0 Å². The number of rotatable bonds is 5. The van der Waals surface area contributed by atoms with E-state index in [1.807, 2.05) is 0 Å². The lowest BCUT2D eigenvalue weighted by Gasteiger charge is -2.27. The fourth-order valence-corrected chi connectivity index (χ4v) is 1.17. The SMILES string of the molecule is CC(C)OC(CN)C(C)C(C)C. The van der Waals surface area contributed by atoms with E-state index >= 15 is 0 Å². The van der Waals surface area contributed by atoms with Gasteiger partial charge in [0.15, 0.2) is 0 Å². The van der Waals surface area contributed by atoms with Crippen LogP contribution in [0.2, 0.25) is 0 Å². The van der Waals surface area contributed by atoms with E-state index in [0.717, 1.165) is 0 Å². The van der Waals surface area contributed by atoms with E-state index in [9.17, 15) is 0 Å². The van der Waals surface area contributed by atoms with Crippen LogP contribution in [0.5, 0.6) is 0 Å². The Morgan fingerprint density at radius 1 is 1.08 bits per heavy atom. The smallest absolute Gasteiger partial charge is 0.0728 e. The molecular formula is C10H23NO. The number of hydrogen-bond acceptors (Lipinski definition) is 2. The molecule has 2 N–H and O–H groups in total. The maximum absolute atomic E-state index is 5.70. The lowest BCUT2D eigenvalue weighted by Crippen LogP contribution is -2.35. The lowest BCUT2D eigenvalue weighted by molar-refractivity contribution is -0.0272. The van der Waals surface area contributed by atoms with Gasteiger partial charge in [-0.1, -0.05) is 20.8 Å². The highest BCUT2D eigenvalue weighted by Gasteiger charge is 2.20. The van der Waals surface area contributed by atoms with Crippen LogP contribution in [0.4, 0.5) is 0 Å². The van der Waals surface area contributed by atoms with Crippen LogP contribution in [0.25, 0.3) is 0 Å². The molecule has 2 nitrogen and oxygen atoms in total. The zero-order chi connectivity index (χ0) is 9.72. The van der Waals surface area contributed by atoms with Gasteiger partial charge in [-0.3, -0.25) is 0 Å². The highest BCUT2D eigenvalue weighted by Crippen LogP contribution is 2.17. The number of nitrogens with two attached hydrogens (primary N) is 1. The molecule has 0 aliphatic heterocycles. The molecule has 2 heteroatoms. The molecule has 0 radical (unpaired) electrons. The molecule has 0 fully saturated rings. The van der Waals surface area contributed by atoms with Gasteiger partial charge in [-0.2, -0.15) is 0 Å². The van der Waals surface area contributed by atoms with Crippen LogP contribution in [-0.4, -0.2) is 18.8 Å². The molecule has 0 amide bonds. The molecular weight excluding hydrogens is 150 g/mol. The Bertz CT molecular complexity index is 112. The van der Waals surface area contributed by atoms with Crippen molar-refractivity contribution in [3.63, 3.8) is 0 Å². The van der Waals surface area contributed by atoms with Gasteiger partial charge in [-0.05, 0) is 25.7 Å². The molecule has 0 rings (SSSR count). The van der Waals surface area contributed by atoms with Crippen molar-refractivity contribution in [2.45, 2.75) is 46.8 Å². The second-order valence-electron chi connectivity index (χ2n) is 4.06. The van der Waals surface area contributed by atoms with Gasteiger partial charge in [0.05, 0.1) is 12.2 Å². The number of ether oxygens (including phenoxy) is 1. The Kier molecular flexibility index (Phi) is 5.51. The van der Waals surface area contributed by atoms with Crippen molar-refractivity contribution in [2.24, 2.45) is 17.6 Å². The van der Waals surface area contributed by atoms with Gasteiger partial charge in [0.2, 0.25) is 0 Å². The summed E-state index contributed by atoms with van der Waals surface area (Å²) in [5, 5.41) is 0. The zero-order valence-corrected chi connectivity index (χ0v) is 9.00. The average molecular weight is 173 g/mol. The maximum atomic E-state index is 5.70. The minimum Gasteiger partial charge on any atom is -0.374 e. The zero-order valence-electron chi connectivity index (χ0n) is 9.00. The van der Waals surface area contributed by atoms with Crippen molar-refractivity contribution >= 4 is 0 Å². The van der Waals surface area contributed by atoms with E-state index in [2.05, 4.69) is 34.6 Å². The van der Waals surface area contributed by atoms with Gasteiger partial charge in [-0.25, -0.2) is 0 Å². The second-order valence-corrected chi connectivity index (χ2v) is 4.06. The van der Waals surface area contributed by atoms with E-state index in [0.29, 0.717) is 18.4 Å². The summed E-state index contributed by atoms with van der Waals surface area (Å²) in [5.74, 6) is 1.18. The van der Waals surface area contributed by atoms with Crippen LogP contribution in [0.1, 0.15) is 34.6 Å². The molecule has 0 aliphatic rings. The highest BCUT2D eigenvalue weighted by atomic mass is 16.5. The monoisotopic (exact) mass is 173 g/mol. The van der Waals surface area contributed by atoms with Gasteiger partial charge in [0, 0.05) is 6.54 Å². The topological polar surface area (TPSA) is 35.2 Å². The Morgan fingerprint density at radius 2 is 1.58 bits per heavy atom. The van der Waals surface area contributed by atoms with Crippen LogP contribution in [0, 0.1) is 11.8 Å². The summed E-state index contributed by atoms with van der Waals surface area (Å²) < 4.78 is 5.70. The number of hydrogen-bond donors (Lipinski definition) is 1. The summed E-state index contributed by atoms with van der Waals surface area (Å²) in [6.45, 7) is 11.3. The standard InChI is InChI=1S/C10H23NO/c1-7(2)9(5)10(6-11)12-8(3)4/h7-10H,6,11H2,1-5H3. The quantitative estimate of drug-likeness (QED) is 0.690. The Morgan fingerprint density at radius 3 is 1.83 bits per heavy atom. The van der Waals surface area contributed by atoms with Crippen LogP contribution < -0.4 is 5.73 Å². The van der Waals surface area contributed by atoms with Crippen LogP contribution in [0.15, 0.2) is 0 Å². The van der Waals surface area contributed by atoms with Crippen molar-refractivity contribution in [3.05, 3.63) is 0 Å². The van der Waals surface area contributed by atoms with Gasteiger partial charge < -0.3 is 10.5 Å². The van der Waals surface area contributed by atoms with E-state index in [1.165, 1.54) is 0 Å². The van der Waals surface area contributed by atoms with Crippen molar-refractivity contribution in [2.75, 3.05) is 6.54 Å². The predicted molar refractivity (Wildman–Crippen MR) is 53.1 cm³/mol. The predicted octanol–water partition coefficient (Wildman–Crippen LogP) is 2.03. The molecule has 0 spiro atoms. The highest BCUT2D eigenvalue weighted by molar-refractivity contribution is 4.70. The summed E-state index contributed by atoms with van der Waals surface area (Å²) in [7, 11) is 0. The first kappa shape index (κ1) is 11.9. The molecule has 2 unspecified atom stereocenters. The normalized spacial score (nSPS) is 17.0. The summed E-state index contributed by atoms with van der Waals surface area (Å²) in [5.41, 5.74) is 5.63. The first-order chi connectivity index (χ1) is 5.49. The van der Waals surface area contributed by atoms with E-state index in [4.69, 9.17) is 10.5 Å². The molecule has 74 valence electrons. The average Bonchev–Trinajstić information content (AvgIpc) is 1.98. The van der Waals surface area contributed by atoms with Gasteiger partial charge >= 0.3 is 0 Å². The fourth-order valence-electron chi connectivity index (χ4n) is 1.17. The molecule has 2 atom stereocenters. The lowest BCUT2D eigenvalue weighted by atomic mass is 9.92. The van der Waals surface area contributed by atoms with E-state index in [-0.39, 0.29) is 12.2 Å². The summed E-state index contributed by atoms with van der Waals surface area (Å²) in [4.78, 5) is 0. The Hall–Kier alpha value is -0.0800. The summed E-state index contributed by atoms with van der Waals surface area (Å²) in [6.07, 6.45) is 0.491. The molecule has 0 saturated carbocycles. The van der Waals surface area contributed by atoms with Gasteiger partial charge in [-0.15, -0.1) is 0 Å². The molecule has 0 saturated heterocycles. The third-order valence-corrected chi connectivity index (χ3v) is 2.32. The molecule has 12 heavy (non-hydrogen) atoms. The van der Waals surface area contributed by atoms with Gasteiger partial charge in [0.25, 0.3) is 0 Å². The maximum Gasteiger partial charge on any atom is 0.0728 e.